The fourth-order valence-corrected chi connectivity index (χ4v) is 3.91. The number of piperidine rings is 1. The number of fused-ring (bicyclic) bond motifs is 1. The molecule has 20 heavy (non-hydrogen) atoms. The third-order valence-electron chi connectivity index (χ3n) is 5.34. The Bertz CT molecular complexity index is 548. The van der Waals surface area contributed by atoms with Crippen LogP contribution in [-0.2, 0) is 6.42 Å². The maximum atomic E-state index is 9.06. The Morgan fingerprint density at radius 2 is 2.05 bits per heavy atom. The minimum atomic E-state index is 0.0973. The van der Waals surface area contributed by atoms with Crippen molar-refractivity contribution in [3.63, 3.8) is 0 Å². The molecule has 1 atom stereocenters. The van der Waals surface area contributed by atoms with Crippen LogP contribution in [0.1, 0.15) is 49.4 Å². The van der Waals surface area contributed by atoms with Gasteiger partial charge < -0.3 is 10.6 Å². The SMILES string of the molecule is CC(C)N1CCC2(CC1)Cc1ccc(C#N)cc1C2N. The maximum absolute atomic E-state index is 9.06. The lowest BCUT2D eigenvalue weighted by molar-refractivity contribution is 0.0710. The average Bonchev–Trinajstić information content (AvgIpc) is 2.72. The molecule has 3 rings (SSSR count). The van der Waals surface area contributed by atoms with Gasteiger partial charge in [-0.2, -0.15) is 5.26 Å². The first kappa shape index (κ1) is 13.6. The summed E-state index contributed by atoms with van der Waals surface area (Å²) < 4.78 is 0. The number of nitrogens with two attached hydrogens (primary N) is 1. The molecule has 3 nitrogen and oxygen atoms in total. The van der Waals surface area contributed by atoms with E-state index in [-0.39, 0.29) is 11.5 Å². The first-order chi connectivity index (χ1) is 9.55. The van der Waals surface area contributed by atoms with Gasteiger partial charge in [-0.15, -0.1) is 0 Å². The summed E-state index contributed by atoms with van der Waals surface area (Å²) in [6.07, 6.45) is 3.42. The van der Waals surface area contributed by atoms with Gasteiger partial charge in [-0.1, -0.05) is 6.07 Å². The Balaban J connectivity index is 1.84. The van der Waals surface area contributed by atoms with Crippen molar-refractivity contribution < 1.29 is 0 Å². The molecule has 0 radical (unpaired) electrons. The monoisotopic (exact) mass is 269 g/mol. The molecule has 0 aromatic heterocycles. The Kier molecular flexibility index (Phi) is 3.32. The van der Waals surface area contributed by atoms with E-state index in [1.54, 1.807) is 0 Å². The summed E-state index contributed by atoms with van der Waals surface area (Å²) in [5.41, 5.74) is 10.1. The van der Waals surface area contributed by atoms with Crippen LogP contribution in [0.2, 0.25) is 0 Å². The topological polar surface area (TPSA) is 53.0 Å². The summed E-state index contributed by atoms with van der Waals surface area (Å²) in [6.45, 7) is 6.82. The molecule has 0 saturated carbocycles. The van der Waals surface area contributed by atoms with E-state index in [2.05, 4.69) is 30.9 Å². The highest BCUT2D eigenvalue weighted by Crippen LogP contribution is 2.50. The fraction of sp³-hybridized carbons (Fsp3) is 0.588. The Morgan fingerprint density at radius 1 is 1.35 bits per heavy atom. The largest absolute Gasteiger partial charge is 0.323 e. The molecule has 2 aliphatic rings. The second kappa shape index (κ2) is 4.87. The molecule has 2 N–H and O–H groups in total. The van der Waals surface area contributed by atoms with Crippen molar-refractivity contribution >= 4 is 0 Å². The first-order valence-corrected chi connectivity index (χ1v) is 7.58. The van der Waals surface area contributed by atoms with Gasteiger partial charge in [0.25, 0.3) is 0 Å². The summed E-state index contributed by atoms with van der Waals surface area (Å²) in [4.78, 5) is 2.54. The van der Waals surface area contributed by atoms with Gasteiger partial charge in [0.15, 0.2) is 0 Å². The number of benzene rings is 1. The smallest absolute Gasteiger partial charge is 0.0991 e. The molecule has 0 bridgehead atoms. The van der Waals surface area contributed by atoms with Crippen LogP contribution < -0.4 is 5.73 Å². The van der Waals surface area contributed by atoms with Crippen LogP contribution in [0.25, 0.3) is 0 Å². The molecule has 1 aliphatic heterocycles. The normalized spacial score (nSPS) is 24.9. The molecule has 1 saturated heterocycles. The molecule has 1 unspecified atom stereocenters. The van der Waals surface area contributed by atoms with Crippen molar-refractivity contribution in [1.29, 1.82) is 5.26 Å². The number of hydrogen-bond acceptors (Lipinski definition) is 3. The molecule has 1 spiro atoms. The minimum absolute atomic E-state index is 0.0973. The molecular formula is C17H23N3. The lowest BCUT2D eigenvalue weighted by Gasteiger charge is -2.43. The third kappa shape index (κ3) is 2.04. The van der Waals surface area contributed by atoms with Crippen molar-refractivity contribution in [2.24, 2.45) is 11.1 Å². The highest BCUT2D eigenvalue weighted by Gasteiger charge is 2.46. The molecule has 1 aromatic rings. The van der Waals surface area contributed by atoms with Crippen molar-refractivity contribution in [3.05, 3.63) is 34.9 Å². The Hall–Kier alpha value is -1.37. The molecule has 1 aromatic carbocycles. The van der Waals surface area contributed by atoms with E-state index in [9.17, 15) is 0 Å². The summed E-state index contributed by atoms with van der Waals surface area (Å²) >= 11 is 0. The number of hydrogen-bond donors (Lipinski definition) is 1. The van der Waals surface area contributed by atoms with Gasteiger partial charge in [0.1, 0.15) is 0 Å². The predicted octanol–water partition coefficient (Wildman–Crippen LogP) is 2.60. The van der Waals surface area contributed by atoms with Gasteiger partial charge in [0, 0.05) is 12.1 Å². The second-order valence-electron chi connectivity index (χ2n) is 6.67. The van der Waals surface area contributed by atoms with Gasteiger partial charge in [0.05, 0.1) is 11.6 Å². The van der Waals surface area contributed by atoms with Crippen LogP contribution in [0.4, 0.5) is 0 Å². The highest BCUT2D eigenvalue weighted by molar-refractivity contribution is 5.44. The summed E-state index contributed by atoms with van der Waals surface area (Å²) in [6, 6.07) is 8.98. The Labute approximate surface area is 121 Å². The van der Waals surface area contributed by atoms with Crippen LogP contribution in [0, 0.1) is 16.7 Å². The number of rotatable bonds is 1. The van der Waals surface area contributed by atoms with Gasteiger partial charge in [0.2, 0.25) is 0 Å². The quantitative estimate of drug-likeness (QED) is 0.852. The predicted molar refractivity (Wildman–Crippen MR) is 80.2 cm³/mol. The summed E-state index contributed by atoms with van der Waals surface area (Å²) in [5, 5.41) is 9.06. The zero-order valence-corrected chi connectivity index (χ0v) is 12.4. The van der Waals surface area contributed by atoms with Gasteiger partial charge >= 0.3 is 0 Å². The zero-order chi connectivity index (χ0) is 14.3. The minimum Gasteiger partial charge on any atom is -0.323 e. The van der Waals surface area contributed by atoms with Crippen molar-refractivity contribution in [2.45, 2.75) is 45.2 Å². The summed E-state index contributed by atoms with van der Waals surface area (Å²) in [5.74, 6) is 0. The highest BCUT2D eigenvalue weighted by atomic mass is 15.2. The molecule has 106 valence electrons. The van der Waals surface area contributed by atoms with E-state index in [1.807, 2.05) is 12.1 Å². The van der Waals surface area contributed by atoms with Crippen molar-refractivity contribution in [2.75, 3.05) is 13.1 Å². The Morgan fingerprint density at radius 3 is 2.65 bits per heavy atom. The fourth-order valence-electron chi connectivity index (χ4n) is 3.91. The maximum Gasteiger partial charge on any atom is 0.0991 e. The third-order valence-corrected chi connectivity index (χ3v) is 5.34. The van der Waals surface area contributed by atoms with Gasteiger partial charge in [-0.25, -0.2) is 0 Å². The van der Waals surface area contributed by atoms with Crippen molar-refractivity contribution in [3.8, 4) is 6.07 Å². The standard InChI is InChI=1S/C17H23N3/c1-12(2)20-7-5-17(6-8-20)10-14-4-3-13(11-18)9-15(14)16(17)19/h3-4,9,12,16H,5-8,10,19H2,1-2H3. The van der Waals surface area contributed by atoms with Crippen molar-refractivity contribution in [1.82, 2.24) is 4.90 Å². The number of nitrogens with zero attached hydrogens (tertiary/aromatic N) is 2. The molecule has 1 heterocycles. The van der Waals surface area contributed by atoms with Crippen LogP contribution in [0.3, 0.4) is 0 Å². The number of nitriles is 1. The van der Waals surface area contributed by atoms with E-state index in [0.717, 1.165) is 25.1 Å². The van der Waals surface area contributed by atoms with Crippen LogP contribution in [0.5, 0.6) is 0 Å². The lowest BCUT2D eigenvalue weighted by atomic mass is 9.73. The van der Waals surface area contributed by atoms with E-state index < -0.39 is 0 Å². The zero-order valence-electron chi connectivity index (χ0n) is 12.4. The number of likely N-dealkylation sites (tertiary alicyclic amines) is 1. The molecule has 1 aliphatic carbocycles. The molecule has 3 heteroatoms. The molecule has 0 amide bonds. The average molecular weight is 269 g/mol. The van der Waals surface area contributed by atoms with Crippen LogP contribution in [-0.4, -0.2) is 24.0 Å². The van der Waals surface area contributed by atoms with E-state index in [0.29, 0.717) is 6.04 Å². The van der Waals surface area contributed by atoms with E-state index >= 15 is 0 Å². The van der Waals surface area contributed by atoms with Crippen LogP contribution in [0.15, 0.2) is 18.2 Å². The second-order valence-corrected chi connectivity index (χ2v) is 6.67. The summed E-state index contributed by atoms with van der Waals surface area (Å²) in [7, 11) is 0. The molecular weight excluding hydrogens is 246 g/mol. The first-order valence-electron chi connectivity index (χ1n) is 7.58. The van der Waals surface area contributed by atoms with Gasteiger partial charge in [-0.3, -0.25) is 0 Å². The van der Waals surface area contributed by atoms with E-state index in [4.69, 9.17) is 11.0 Å². The van der Waals surface area contributed by atoms with Crippen LogP contribution >= 0.6 is 0 Å². The van der Waals surface area contributed by atoms with Gasteiger partial charge in [-0.05, 0) is 74.9 Å². The molecule has 1 fully saturated rings. The van der Waals surface area contributed by atoms with E-state index in [1.165, 1.54) is 24.0 Å². The lowest BCUT2D eigenvalue weighted by Crippen LogP contribution is -2.46.